The molecule has 0 fully saturated rings. The fraction of sp³-hybridized carbons (Fsp3) is 0.0714. The van der Waals surface area contributed by atoms with Crippen LogP contribution in [0.25, 0.3) is 0 Å². The minimum Gasteiger partial charge on any atom is -0.484 e. The summed E-state index contributed by atoms with van der Waals surface area (Å²) in [6.45, 7) is -0.0688. The molecule has 0 N–H and O–H groups in total. The zero-order valence-electron chi connectivity index (χ0n) is 9.70. The zero-order valence-corrected chi connectivity index (χ0v) is 13.4. The van der Waals surface area contributed by atoms with Gasteiger partial charge < -0.3 is 4.74 Å². The van der Waals surface area contributed by atoms with Gasteiger partial charge in [-0.1, -0.05) is 41.4 Å². The maximum Gasteiger partial charge on any atom is 0.200 e. The normalized spacial score (nSPS) is 10.3. The second kappa shape index (κ2) is 6.59. The Labute approximate surface area is 134 Å². The third-order valence-corrected chi connectivity index (χ3v) is 3.96. The molecule has 2 aromatic rings. The van der Waals surface area contributed by atoms with E-state index in [-0.39, 0.29) is 12.4 Å². The quantitative estimate of drug-likeness (QED) is 0.535. The van der Waals surface area contributed by atoms with Crippen LogP contribution in [-0.2, 0) is 0 Å². The van der Waals surface area contributed by atoms with Gasteiger partial charge in [-0.2, -0.15) is 0 Å². The number of halogens is 3. The van der Waals surface area contributed by atoms with Crippen molar-refractivity contribution in [2.45, 2.75) is 0 Å². The Morgan fingerprint density at radius 3 is 2.47 bits per heavy atom. The number of hydrogen-bond donors (Lipinski definition) is 0. The monoisotopic (exact) mass is 406 g/mol. The number of rotatable bonds is 4. The van der Waals surface area contributed by atoms with Gasteiger partial charge in [0.2, 0.25) is 0 Å². The number of ether oxygens (including phenoxy) is 1. The van der Waals surface area contributed by atoms with Crippen molar-refractivity contribution in [2.75, 3.05) is 6.61 Å². The molecule has 19 heavy (non-hydrogen) atoms. The Morgan fingerprint density at radius 2 is 1.79 bits per heavy atom. The minimum atomic E-state index is -0.104. The third kappa shape index (κ3) is 3.84. The molecule has 0 radical (unpaired) electrons. The Hall–Kier alpha value is -0.780. The van der Waals surface area contributed by atoms with Crippen LogP contribution in [0, 0.1) is 3.57 Å². The van der Waals surface area contributed by atoms with Gasteiger partial charge in [-0.25, -0.2) is 0 Å². The largest absolute Gasteiger partial charge is 0.484 e. The van der Waals surface area contributed by atoms with Gasteiger partial charge in [0.15, 0.2) is 12.4 Å². The van der Waals surface area contributed by atoms with Crippen molar-refractivity contribution in [3.05, 3.63) is 61.6 Å². The molecular weight excluding hydrogens is 398 g/mol. The summed E-state index contributed by atoms with van der Waals surface area (Å²) in [4.78, 5) is 11.9. The van der Waals surface area contributed by atoms with Crippen LogP contribution >= 0.6 is 45.8 Å². The van der Waals surface area contributed by atoms with Crippen molar-refractivity contribution >= 4 is 51.6 Å². The standard InChI is InChI=1S/C14H9Cl2IO2/c15-11-2-1-3-13(14(11)16)19-8-12(18)9-4-6-10(17)7-5-9/h1-7H,8H2. The van der Waals surface area contributed by atoms with Crippen molar-refractivity contribution in [1.29, 1.82) is 0 Å². The predicted molar refractivity (Wildman–Crippen MR) is 85.4 cm³/mol. The molecule has 0 aliphatic rings. The van der Waals surface area contributed by atoms with Crippen LogP contribution in [0.4, 0.5) is 0 Å². The number of hydrogen-bond acceptors (Lipinski definition) is 2. The molecule has 98 valence electrons. The highest BCUT2D eigenvalue weighted by Crippen LogP contribution is 2.31. The molecule has 0 heterocycles. The summed E-state index contributed by atoms with van der Waals surface area (Å²) in [7, 11) is 0. The molecule has 0 bridgehead atoms. The van der Waals surface area contributed by atoms with Gasteiger partial charge in [-0.05, 0) is 46.9 Å². The molecule has 0 aromatic heterocycles. The van der Waals surface area contributed by atoms with Crippen molar-refractivity contribution in [2.24, 2.45) is 0 Å². The molecule has 0 saturated heterocycles. The second-order valence-electron chi connectivity index (χ2n) is 3.77. The molecule has 0 saturated carbocycles. The topological polar surface area (TPSA) is 26.3 Å². The maximum atomic E-state index is 11.9. The molecular formula is C14H9Cl2IO2. The van der Waals surface area contributed by atoms with Gasteiger partial charge in [0.25, 0.3) is 0 Å². The molecule has 0 unspecified atom stereocenters. The van der Waals surface area contributed by atoms with Crippen LogP contribution in [0.2, 0.25) is 10.0 Å². The van der Waals surface area contributed by atoms with Crippen molar-refractivity contribution < 1.29 is 9.53 Å². The van der Waals surface area contributed by atoms with Gasteiger partial charge >= 0.3 is 0 Å². The molecule has 0 aliphatic carbocycles. The van der Waals surface area contributed by atoms with Crippen LogP contribution in [0.5, 0.6) is 5.75 Å². The third-order valence-electron chi connectivity index (χ3n) is 2.44. The lowest BCUT2D eigenvalue weighted by Gasteiger charge is -2.08. The van der Waals surface area contributed by atoms with Crippen molar-refractivity contribution in [3.63, 3.8) is 0 Å². The van der Waals surface area contributed by atoms with Gasteiger partial charge in [-0.15, -0.1) is 0 Å². The van der Waals surface area contributed by atoms with Crippen molar-refractivity contribution in [3.8, 4) is 5.75 Å². The van der Waals surface area contributed by atoms with E-state index in [1.165, 1.54) is 0 Å². The average Bonchev–Trinajstić information content (AvgIpc) is 2.41. The van der Waals surface area contributed by atoms with Crippen LogP contribution in [-0.4, -0.2) is 12.4 Å². The molecule has 0 atom stereocenters. The van der Waals surface area contributed by atoms with Gasteiger partial charge in [0.1, 0.15) is 10.8 Å². The Bertz CT molecular complexity index is 597. The fourth-order valence-electron chi connectivity index (χ4n) is 1.46. The predicted octanol–water partition coefficient (Wildman–Crippen LogP) is 4.86. The van der Waals surface area contributed by atoms with E-state index < -0.39 is 0 Å². The van der Waals surface area contributed by atoms with Gasteiger partial charge in [0, 0.05) is 9.13 Å². The van der Waals surface area contributed by atoms with Gasteiger partial charge in [-0.3, -0.25) is 4.79 Å². The van der Waals surface area contributed by atoms with E-state index in [9.17, 15) is 4.79 Å². The lowest BCUT2D eigenvalue weighted by Crippen LogP contribution is -2.11. The highest BCUT2D eigenvalue weighted by Gasteiger charge is 2.10. The Kier molecular flexibility index (Phi) is 5.07. The smallest absolute Gasteiger partial charge is 0.200 e. The summed E-state index contributed by atoms with van der Waals surface area (Å²) in [6.07, 6.45) is 0. The average molecular weight is 407 g/mol. The second-order valence-corrected chi connectivity index (χ2v) is 5.80. The summed E-state index contributed by atoms with van der Waals surface area (Å²) < 4.78 is 6.47. The first-order valence-electron chi connectivity index (χ1n) is 5.43. The van der Waals surface area contributed by atoms with E-state index in [2.05, 4.69) is 22.6 Å². The molecule has 0 aliphatic heterocycles. The molecule has 0 spiro atoms. The van der Waals surface area contributed by atoms with Gasteiger partial charge in [0.05, 0.1) is 5.02 Å². The summed E-state index contributed by atoms with van der Waals surface area (Å²) in [6, 6.07) is 12.4. The van der Waals surface area contributed by atoms with Crippen molar-refractivity contribution in [1.82, 2.24) is 0 Å². The first-order chi connectivity index (χ1) is 9.08. The van der Waals surface area contributed by atoms with E-state index in [0.29, 0.717) is 21.4 Å². The van der Waals surface area contributed by atoms with E-state index in [0.717, 1.165) is 3.57 Å². The maximum absolute atomic E-state index is 11.9. The van der Waals surface area contributed by atoms with E-state index in [1.807, 2.05) is 12.1 Å². The SMILES string of the molecule is O=C(COc1cccc(Cl)c1Cl)c1ccc(I)cc1. The molecule has 0 amide bonds. The van der Waals surface area contributed by atoms with Crippen LogP contribution in [0.1, 0.15) is 10.4 Å². The summed E-state index contributed by atoms with van der Waals surface area (Å²) in [5.74, 6) is 0.306. The number of benzene rings is 2. The number of ketones is 1. The minimum absolute atomic E-state index is 0.0688. The number of carbonyl (C=O) groups excluding carboxylic acids is 1. The highest BCUT2D eigenvalue weighted by molar-refractivity contribution is 14.1. The Balaban J connectivity index is 2.04. The lowest BCUT2D eigenvalue weighted by atomic mass is 10.1. The van der Waals surface area contributed by atoms with E-state index in [4.69, 9.17) is 27.9 Å². The number of carbonyl (C=O) groups is 1. The summed E-state index contributed by atoms with van der Waals surface area (Å²) in [5.41, 5.74) is 0.610. The first kappa shape index (κ1) is 14.6. The Morgan fingerprint density at radius 1 is 1.11 bits per heavy atom. The highest BCUT2D eigenvalue weighted by atomic mass is 127. The molecule has 2 rings (SSSR count). The lowest BCUT2D eigenvalue weighted by molar-refractivity contribution is 0.0921. The first-order valence-corrected chi connectivity index (χ1v) is 7.27. The fourth-order valence-corrected chi connectivity index (χ4v) is 2.16. The molecule has 2 nitrogen and oxygen atoms in total. The van der Waals surface area contributed by atoms with Crippen LogP contribution < -0.4 is 4.74 Å². The van der Waals surface area contributed by atoms with E-state index in [1.54, 1.807) is 30.3 Å². The summed E-state index contributed by atoms with van der Waals surface area (Å²) in [5, 5.41) is 0.723. The molecule has 5 heteroatoms. The van der Waals surface area contributed by atoms with E-state index >= 15 is 0 Å². The van der Waals surface area contributed by atoms with Crippen LogP contribution in [0.15, 0.2) is 42.5 Å². The summed E-state index contributed by atoms with van der Waals surface area (Å²) >= 11 is 14.0. The zero-order chi connectivity index (χ0) is 13.8. The number of Topliss-reactive ketones (excluding diaryl/α,β-unsaturated/α-hetero) is 1. The molecule has 2 aromatic carbocycles. The van der Waals surface area contributed by atoms with Crippen LogP contribution in [0.3, 0.4) is 0 Å².